The Kier molecular flexibility index (Phi) is 34.9. The van der Waals surface area contributed by atoms with Gasteiger partial charge in [-0.25, -0.2) is 0 Å². The average Bonchev–Trinajstić information content (AvgIpc) is 3.21. The van der Waals surface area contributed by atoms with Gasteiger partial charge in [0.25, 0.3) is 10.1 Å². The topological polar surface area (TPSA) is 186 Å². The molecule has 1 aliphatic heterocycles. The van der Waals surface area contributed by atoms with E-state index in [0.717, 1.165) is 70.6 Å². The number of esters is 2. The Labute approximate surface area is 363 Å². The van der Waals surface area contributed by atoms with Gasteiger partial charge >= 0.3 is 11.9 Å². The van der Waals surface area contributed by atoms with Crippen LogP contribution in [0.1, 0.15) is 194 Å². The SMILES string of the molecule is CC/C=C/C/C=C/C/C=C/CCCCCCCC(=O)O[C@H](COC(=O)CCCCCCCCCCCCCCCCCCC)CO[C@H]1O[C@H](CS(=O)(=O)O)[C@@H](O)C(O)C1O. The van der Waals surface area contributed by atoms with Crippen LogP contribution < -0.4 is 0 Å². The molecule has 0 spiro atoms. The molecule has 350 valence electrons. The second-order valence-electron chi connectivity index (χ2n) is 16.4. The Morgan fingerprint density at radius 3 is 1.57 bits per heavy atom. The van der Waals surface area contributed by atoms with E-state index in [4.69, 9.17) is 18.9 Å². The van der Waals surface area contributed by atoms with Crippen molar-refractivity contribution >= 4 is 22.1 Å². The maximum Gasteiger partial charge on any atom is 0.306 e. The molecule has 1 fully saturated rings. The molecule has 2 unspecified atom stereocenters. The molecular formula is C47H84O12S. The van der Waals surface area contributed by atoms with Crippen molar-refractivity contribution in [2.24, 2.45) is 0 Å². The lowest BCUT2D eigenvalue weighted by Gasteiger charge is -2.40. The third-order valence-electron chi connectivity index (χ3n) is 10.7. The van der Waals surface area contributed by atoms with Crippen LogP contribution in [0.2, 0.25) is 0 Å². The summed E-state index contributed by atoms with van der Waals surface area (Å²) >= 11 is 0. The summed E-state index contributed by atoms with van der Waals surface area (Å²) in [6.45, 7) is 3.65. The second kappa shape index (κ2) is 37.4. The molecule has 1 aliphatic rings. The van der Waals surface area contributed by atoms with Crippen LogP contribution in [0, 0.1) is 0 Å². The zero-order valence-corrected chi connectivity index (χ0v) is 38.1. The van der Waals surface area contributed by atoms with Crippen LogP contribution in [0.3, 0.4) is 0 Å². The van der Waals surface area contributed by atoms with E-state index in [9.17, 15) is 37.9 Å². The number of ether oxygens (including phenoxy) is 4. The van der Waals surface area contributed by atoms with Crippen LogP contribution in [0.25, 0.3) is 0 Å². The van der Waals surface area contributed by atoms with Gasteiger partial charge in [-0.15, -0.1) is 0 Å². The molecule has 6 atom stereocenters. The van der Waals surface area contributed by atoms with Crippen molar-refractivity contribution in [3.05, 3.63) is 36.5 Å². The molecule has 60 heavy (non-hydrogen) atoms. The Hall–Kier alpha value is -2.13. The molecule has 0 aromatic rings. The number of rotatable bonds is 39. The molecular weight excluding hydrogens is 789 g/mol. The third kappa shape index (κ3) is 31.7. The van der Waals surface area contributed by atoms with Gasteiger partial charge in [0.15, 0.2) is 12.4 Å². The molecule has 0 amide bonds. The highest BCUT2D eigenvalue weighted by Crippen LogP contribution is 2.24. The van der Waals surface area contributed by atoms with E-state index < -0.39 is 71.2 Å². The molecule has 0 bridgehead atoms. The molecule has 0 radical (unpaired) electrons. The Morgan fingerprint density at radius 1 is 0.583 bits per heavy atom. The zero-order valence-electron chi connectivity index (χ0n) is 37.3. The predicted octanol–water partition coefficient (Wildman–Crippen LogP) is 9.78. The fourth-order valence-corrected chi connectivity index (χ4v) is 7.79. The van der Waals surface area contributed by atoms with Crippen LogP contribution in [-0.2, 0) is 38.7 Å². The minimum atomic E-state index is -4.60. The molecule has 1 saturated heterocycles. The maximum absolute atomic E-state index is 12.8. The van der Waals surface area contributed by atoms with Gasteiger partial charge in [0, 0.05) is 12.8 Å². The second-order valence-corrected chi connectivity index (χ2v) is 17.9. The van der Waals surface area contributed by atoms with Gasteiger partial charge in [0.2, 0.25) is 0 Å². The summed E-state index contributed by atoms with van der Waals surface area (Å²) in [4.78, 5) is 25.4. The van der Waals surface area contributed by atoms with Gasteiger partial charge in [-0.2, -0.15) is 8.42 Å². The summed E-state index contributed by atoms with van der Waals surface area (Å²) in [6.07, 6.45) is 33.3. The number of hydrogen-bond donors (Lipinski definition) is 4. The minimum absolute atomic E-state index is 0.146. The minimum Gasteiger partial charge on any atom is -0.462 e. The molecule has 4 N–H and O–H groups in total. The van der Waals surface area contributed by atoms with E-state index in [1.54, 1.807) is 0 Å². The molecule has 1 heterocycles. The first kappa shape index (κ1) is 55.9. The number of aliphatic hydroxyl groups is 3. The predicted molar refractivity (Wildman–Crippen MR) is 238 cm³/mol. The molecule has 12 nitrogen and oxygen atoms in total. The Balaban J connectivity index is 2.42. The van der Waals surface area contributed by atoms with Gasteiger partial charge in [-0.1, -0.05) is 172 Å². The average molecular weight is 873 g/mol. The van der Waals surface area contributed by atoms with Crippen molar-refractivity contribution in [3.63, 3.8) is 0 Å². The molecule has 0 aromatic heterocycles. The fraction of sp³-hybridized carbons (Fsp3) is 0.830. The van der Waals surface area contributed by atoms with E-state index in [1.807, 2.05) is 0 Å². The Morgan fingerprint density at radius 2 is 1.05 bits per heavy atom. The van der Waals surface area contributed by atoms with Crippen LogP contribution in [0.15, 0.2) is 36.5 Å². The molecule has 1 rings (SSSR count). The standard InChI is InChI=1S/C47H84O12S/c1-3-5-7-9-11-13-15-17-19-20-22-23-25-27-29-31-33-35-42(48)56-37-40(38-57-47-46(52)45(51)44(50)41(59-47)39-60(53,54)55)58-43(49)36-34-32-30-28-26-24-21-18-16-14-12-10-8-6-4-2/h6,8,12,14,18,21,40-41,44-47,50-52H,3-5,7,9-11,13,15-17,19-20,22-39H2,1-2H3,(H,53,54,55)/b8-6+,14-12+,21-18+/t40-,41-,44-,45?,46?,47+/m1/s1. The van der Waals surface area contributed by atoms with E-state index in [0.29, 0.717) is 12.8 Å². The van der Waals surface area contributed by atoms with E-state index in [1.165, 1.54) is 83.5 Å². The largest absolute Gasteiger partial charge is 0.462 e. The lowest BCUT2D eigenvalue weighted by molar-refractivity contribution is -0.297. The van der Waals surface area contributed by atoms with Crippen LogP contribution >= 0.6 is 0 Å². The first-order valence-electron chi connectivity index (χ1n) is 23.5. The van der Waals surface area contributed by atoms with Crippen molar-refractivity contribution in [2.45, 2.75) is 230 Å². The van der Waals surface area contributed by atoms with Crippen molar-refractivity contribution in [1.82, 2.24) is 0 Å². The van der Waals surface area contributed by atoms with Crippen molar-refractivity contribution < 1.29 is 56.8 Å². The van der Waals surface area contributed by atoms with Gasteiger partial charge in [0.05, 0.1) is 6.61 Å². The van der Waals surface area contributed by atoms with Crippen LogP contribution in [0.4, 0.5) is 0 Å². The maximum atomic E-state index is 12.8. The van der Waals surface area contributed by atoms with E-state index in [-0.39, 0.29) is 19.4 Å². The van der Waals surface area contributed by atoms with Crippen LogP contribution in [0.5, 0.6) is 0 Å². The lowest BCUT2D eigenvalue weighted by atomic mass is 10.00. The number of aliphatic hydroxyl groups excluding tert-OH is 3. The highest BCUT2D eigenvalue weighted by Gasteiger charge is 2.46. The van der Waals surface area contributed by atoms with Crippen molar-refractivity contribution in [1.29, 1.82) is 0 Å². The summed E-state index contributed by atoms with van der Waals surface area (Å²) in [5.74, 6) is -2.00. The zero-order chi connectivity index (χ0) is 44.1. The Bertz CT molecular complexity index is 1250. The highest BCUT2D eigenvalue weighted by molar-refractivity contribution is 7.85. The number of carbonyl (C=O) groups is 2. The molecule has 0 aliphatic carbocycles. The van der Waals surface area contributed by atoms with E-state index in [2.05, 4.69) is 50.3 Å². The third-order valence-corrected chi connectivity index (χ3v) is 11.5. The summed E-state index contributed by atoms with van der Waals surface area (Å²) in [7, 11) is -4.60. The monoisotopic (exact) mass is 873 g/mol. The number of hydrogen-bond acceptors (Lipinski definition) is 11. The van der Waals surface area contributed by atoms with Gasteiger partial charge < -0.3 is 34.3 Å². The molecule has 13 heteroatoms. The summed E-state index contributed by atoms with van der Waals surface area (Å²) in [5, 5.41) is 30.9. The summed E-state index contributed by atoms with van der Waals surface area (Å²) in [5.41, 5.74) is 0. The summed E-state index contributed by atoms with van der Waals surface area (Å²) < 4.78 is 54.1. The normalized spacial score (nSPS) is 20.4. The fourth-order valence-electron chi connectivity index (χ4n) is 7.10. The van der Waals surface area contributed by atoms with E-state index >= 15 is 0 Å². The van der Waals surface area contributed by atoms with Crippen molar-refractivity contribution in [2.75, 3.05) is 19.0 Å². The lowest BCUT2D eigenvalue weighted by Crippen LogP contribution is -2.60. The number of carbonyl (C=O) groups excluding carboxylic acids is 2. The smallest absolute Gasteiger partial charge is 0.306 e. The number of unbranched alkanes of at least 4 members (excludes halogenated alkanes) is 21. The summed E-state index contributed by atoms with van der Waals surface area (Å²) in [6, 6.07) is 0. The highest BCUT2D eigenvalue weighted by atomic mass is 32.2. The van der Waals surface area contributed by atoms with Crippen LogP contribution in [-0.4, -0.2) is 96.0 Å². The molecule has 0 saturated carbocycles. The van der Waals surface area contributed by atoms with Gasteiger partial charge in [0.1, 0.15) is 36.8 Å². The van der Waals surface area contributed by atoms with Crippen molar-refractivity contribution in [3.8, 4) is 0 Å². The molecule has 0 aromatic carbocycles. The quantitative estimate of drug-likeness (QED) is 0.0199. The van der Waals surface area contributed by atoms with Gasteiger partial charge in [-0.3, -0.25) is 14.1 Å². The first-order valence-corrected chi connectivity index (χ1v) is 25.2. The first-order chi connectivity index (χ1) is 29.0. The van der Waals surface area contributed by atoms with Gasteiger partial charge in [-0.05, 0) is 44.9 Å². The number of allylic oxidation sites excluding steroid dienone is 6.